The molecule has 7 nitrogen and oxygen atoms in total. The standard InChI is InChI=1S/C14H25N3O4/c1-11(18)16-12-7-9-17(10-12)14(21)15-8-5-3-2-4-6-13(19)20/h12H,2-10H2,1H3,(H,15,21)(H,16,18)(H,19,20). The molecule has 1 atom stereocenters. The minimum atomic E-state index is -0.758. The predicted molar refractivity (Wildman–Crippen MR) is 77.9 cm³/mol. The van der Waals surface area contributed by atoms with Crippen LogP contribution in [-0.4, -0.2) is 53.6 Å². The number of rotatable bonds is 8. The number of unbranched alkanes of at least 4 members (excludes halogenated alkanes) is 3. The number of nitrogens with one attached hydrogen (secondary N) is 2. The fourth-order valence-electron chi connectivity index (χ4n) is 2.41. The van der Waals surface area contributed by atoms with Crippen molar-refractivity contribution >= 4 is 17.9 Å². The van der Waals surface area contributed by atoms with Crippen molar-refractivity contribution in [2.75, 3.05) is 19.6 Å². The van der Waals surface area contributed by atoms with Gasteiger partial charge in [0.15, 0.2) is 0 Å². The van der Waals surface area contributed by atoms with Crippen molar-refractivity contribution in [3.8, 4) is 0 Å². The SMILES string of the molecule is CC(=O)NC1CCN(C(=O)NCCCCCCC(=O)O)C1. The highest BCUT2D eigenvalue weighted by molar-refractivity contribution is 5.75. The topological polar surface area (TPSA) is 98.7 Å². The summed E-state index contributed by atoms with van der Waals surface area (Å²) < 4.78 is 0. The van der Waals surface area contributed by atoms with Crippen LogP contribution >= 0.6 is 0 Å². The van der Waals surface area contributed by atoms with E-state index in [1.807, 2.05) is 0 Å². The summed E-state index contributed by atoms with van der Waals surface area (Å²) >= 11 is 0. The fraction of sp³-hybridized carbons (Fsp3) is 0.786. The molecule has 1 aliphatic rings. The average molecular weight is 299 g/mol. The van der Waals surface area contributed by atoms with Gasteiger partial charge in [-0.2, -0.15) is 0 Å². The Kier molecular flexibility index (Phi) is 7.56. The second kappa shape index (κ2) is 9.20. The van der Waals surface area contributed by atoms with Gasteiger partial charge >= 0.3 is 12.0 Å². The van der Waals surface area contributed by atoms with E-state index in [1.54, 1.807) is 4.90 Å². The van der Waals surface area contributed by atoms with Gasteiger partial charge in [-0.1, -0.05) is 12.8 Å². The van der Waals surface area contributed by atoms with E-state index < -0.39 is 5.97 Å². The van der Waals surface area contributed by atoms with Gasteiger partial charge in [-0.25, -0.2) is 4.79 Å². The number of carbonyl (C=O) groups is 3. The molecule has 0 spiro atoms. The van der Waals surface area contributed by atoms with Gasteiger partial charge in [-0.15, -0.1) is 0 Å². The molecular formula is C14H25N3O4. The first kappa shape index (κ1) is 17.3. The zero-order chi connectivity index (χ0) is 15.7. The Morgan fingerprint density at radius 1 is 1.19 bits per heavy atom. The number of urea groups is 1. The van der Waals surface area contributed by atoms with Crippen molar-refractivity contribution in [1.82, 2.24) is 15.5 Å². The summed E-state index contributed by atoms with van der Waals surface area (Å²) in [5, 5.41) is 14.2. The maximum Gasteiger partial charge on any atom is 0.317 e. The van der Waals surface area contributed by atoms with E-state index in [1.165, 1.54) is 6.92 Å². The average Bonchev–Trinajstić information content (AvgIpc) is 2.84. The Labute approximate surface area is 125 Å². The number of hydrogen-bond donors (Lipinski definition) is 3. The van der Waals surface area contributed by atoms with Crippen LogP contribution in [0.5, 0.6) is 0 Å². The molecule has 1 fully saturated rings. The lowest BCUT2D eigenvalue weighted by atomic mass is 10.1. The summed E-state index contributed by atoms with van der Waals surface area (Å²) in [6.07, 6.45) is 4.34. The summed E-state index contributed by atoms with van der Waals surface area (Å²) in [7, 11) is 0. The highest BCUT2D eigenvalue weighted by Crippen LogP contribution is 2.09. The summed E-state index contributed by atoms with van der Waals surface area (Å²) in [5.74, 6) is -0.824. The Balaban J connectivity index is 2.04. The van der Waals surface area contributed by atoms with Crippen molar-refractivity contribution in [2.24, 2.45) is 0 Å². The summed E-state index contributed by atoms with van der Waals surface area (Å²) in [4.78, 5) is 34.9. The molecule has 1 rings (SSSR count). The molecule has 21 heavy (non-hydrogen) atoms. The molecule has 1 heterocycles. The molecule has 0 aliphatic carbocycles. The van der Waals surface area contributed by atoms with E-state index in [0.717, 1.165) is 25.7 Å². The van der Waals surface area contributed by atoms with Gasteiger partial charge in [0.2, 0.25) is 5.91 Å². The van der Waals surface area contributed by atoms with Crippen LogP contribution in [0, 0.1) is 0 Å². The van der Waals surface area contributed by atoms with E-state index in [4.69, 9.17) is 5.11 Å². The first-order chi connectivity index (χ1) is 9.99. The van der Waals surface area contributed by atoms with Gasteiger partial charge in [0.1, 0.15) is 0 Å². The van der Waals surface area contributed by atoms with Gasteiger partial charge in [0.25, 0.3) is 0 Å². The normalized spacial score (nSPS) is 17.6. The van der Waals surface area contributed by atoms with Gasteiger partial charge in [-0.3, -0.25) is 9.59 Å². The Morgan fingerprint density at radius 2 is 1.90 bits per heavy atom. The monoisotopic (exact) mass is 299 g/mol. The third-order valence-electron chi connectivity index (χ3n) is 3.48. The van der Waals surface area contributed by atoms with Crippen molar-refractivity contribution in [1.29, 1.82) is 0 Å². The van der Waals surface area contributed by atoms with Crippen LogP contribution in [-0.2, 0) is 9.59 Å². The third-order valence-corrected chi connectivity index (χ3v) is 3.48. The van der Waals surface area contributed by atoms with Crippen molar-refractivity contribution in [3.05, 3.63) is 0 Å². The molecule has 7 heteroatoms. The Hall–Kier alpha value is -1.79. The van der Waals surface area contributed by atoms with E-state index in [-0.39, 0.29) is 24.4 Å². The number of likely N-dealkylation sites (tertiary alicyclic amines) is 1. The number of carbonyl (C=O) groups excluding carboxylic acids is 2. The van der Waals surface area contributed by atoms with Crippen LogP contribution in [0.25, 0.3) is 0 Å². The number of carboxylic acids is 1. The predicted octanol–water partition coefficient (Wildman–Crippen LogP) is 0.941. The fourth-order valence-corrected chi connectivity index (χ4v) is 2.41. The van der Waals surface area contributed by atoms with Gasteiger partial charge in [0, 0.05) is 39.0 Å². The summed E-state index contributed by atoms with van der Waals surface area (Å²) in [6, 6.07) is -0.0299. The molecule has 0 aromatic heterocycles. The first-order valence-electron chi connectivity index (χ1n) is 7.50. The van der Waals surface area contributed by atoms with E-state index in [9.17, 15) is 14.4 Å². The van der Waals surface area contributed by atoms with E-state index in [0.29, 0.717) is 26.1 Å². The maximum atomic E-state index is 11.9. The molecule has 1 unspecified atom stereocenters. The lowest BCUT2D eigenvalue weighted by molar-refractivity contribution is -0.137. The Morgan fingerprint density at radius 3 is 2.57 bits per heavy atom. The molecule has 1 saturated heterocycles. The summed E-state index contributed by atoms with van der Waals surface area (Å²) in [6.45, 7) is 3.31. The highest BCUT2D eigenvalue weighted by atomic mass is 16.4. The first-order valence-corrected chi connectivity index (χ1v) is 7.50. The van der Waals surface area contributed by atoms with Crippen LogP contribution in [0.3, 0.4) is 0 Å². The number of carboxylic acid groups (broad SMARTS) is 1. The smallest absolute Gasteiger partial charge is 0.317 e. The summed E-state index contributed by atoms with van der Waals surface area (Å²) in [5.41, 5.74) is 0. The minimum absolute atomic E-state index is 0.0595. The number of hydrogen-bond acceptors (Lipinski definition) is 3. The minimum Gasteiger partial charge on any atom is -0.481 e. The van der Waals surface area contributed by atoms with Crippen LogP contribution in [0.15, 0.2) is 0 Å². The second-order valence-corrected chi connectivity index (χ2v) is 5.42. The lowest BCUT2D eigenvalue weighted by Gasteiger charge is -2.17. The third kappa shape index (κ3) is 7.53. The van der Waals surface area contributed by atoms with Crippen molar-refractivity contribution in [3.63, 3.8) is 0 Å². The second-order valence-electron chi connectivity index (χ2n) is 5.42. The molecule has 0 saturated carbocycles. The molecular weight excluding hydrogens is 274 g/mol. The molecule has 3 N–H and O–H groups in total. The zero-order valence-electron chi connectivity index (χ0n) is 12.6. The Bertz CT molecular complexity index is 373. The van der Waals surface area contributed by atoms with Crippen LogP contribution < -0.4 is 10.6 Å². The highest BCUT2D eigenvalue weighted by Gasteiger charge is 2.26. The van der Waals surface area contributed by atoms with Gasteiger partial charge < -0.3 is 20.6 Å². The zero-order valence-corrected chi connectivity index (χ0v) is 12.6. The molecule has 3 amide bonds. The molecule has 0 radical (unpaired) electrons. The molecule has 0 bridgehead atoms. The largest absolute Gasteiger partial charge is 0.481 e. The quantitative estimate of drug-likeness (QED) is 0.581. The molecule has 1 aliphatic heterocycles. The molecule has 120 valence electrons. The maximum absolute atomic E-state index is 11.9. The van der Waals surface area contributed by atoms with Crippen molar-refractivity contribution < 1.29 is 19.5 Å². The van der Waals surface area contributed by atoms with Gasteiger partial charge in [0.05, 0.1) is 0 Å². The molecule has 0 aromatic rings. The van der Waals surface area contributed by atoms with Crippen LogP contribution in [0.1, 0.15) is 45.4 Å². The van der Waals surface area contributed by atoms with Gasteiger partial charge in [-0.05, 0) is 19.3 Å². The van der Waals surface area contributed by atoms with Crippen LogP contribution in [0.4, 0.5) is 4.79 Å². The van der Waals surface area contributed by atoms with E-state index in [2.05, 4.69) is 10.6 Å². The van der Waals surface area contributed by atoms with Crippen molar-refractivity contribution in [2.45, 2.75) is 51.5 Å². The number of nitrogens with zero attached hydrogens (tertiary/aromatic N) is 1. The lowest BCUT2D eigenvalue weighted by Crippen LogP contribution is -2.41. The number of amides is 3. The van der Waals surface area contributed by atoms with E-state index >= 15 is 0 Å². The molecule has 0 aromatic carbocycles. The number of aliphatic carboxylic acids is 1. The van der Waals surface area contributed by atoms with Crippen LogP contribution in [0.2, 0.25) is 0 Å².